The first kappa shape index (κ1) is 17.8. The molecule has 0 saturated heterocycles. The molecular formula is C21H30O2. The van der Waals surface area contributed by atoms with Gasteiger partial charge in [-0.2, -0.15) is 0 Å². The SMILES string of the molecule is CCCC1C(OCCOCc2ccccc2)=CCC(CC)=C1C. The zero-order valence-corrected chi connectivity index (χ0v) is 14.8. The van der Waals surface area contributed by atoms with Crippen molar-refractivity contribution in [2.24, 2.45) is 5.92 Å². The summed E-state index contributed by atoms with van der Waals surface area (Å²) in [5.41, 5.74) is 4.31. The Morgan fingerprint density at radius 3 is 2.57 bits per heavy atom. The molecule has 1 atom stereocenters. The summed E-state index contributed by atoms with van der Waals surface area (Å²) in [7, 11) is 0. The number of hydrogen-bond acceptors (Lipinski definition) is 2. The van der Waals surface area contributed by atoms with Gasteiger partial charge in [0.2, 0.25) is 0 Å². The highest BCUT2D eigenvalue weighted by atomic mass is 16.5. The van der Waals surface area contributed by atoms with Gasteiger partial charge in [0.25, 0.3) is 0 Å². The van der Waals surface area contributed by atoms with Crippen molar-refractivity contribution in [2.75, 3.05) is 13.2 Å². The predicted octanol–water partition coefficient (Wildman–Crippen LogP) is 5.65. The molecule has 0 radical (unpaired) electrons. The van der Waals surface area contributed by atoms with Crippen LogP contribution in [0.15, 0.2) is 53.3 Å². The van der Waals surface area contributed by atoms with Gasteiger partial charge in [0.1, 0.15) is 6.61 Å². The van der Waals surface area contributed by atoms with Gasteiger partial charge in [-0.05, 0) is 37.8 Å². The smallest absolute Gasteiger partial charge is 0.111 e. The minimum absolute atomic E-state index is 0.470. The summed E-state index contributed by atoms with van der Waals surface area (Å²) >= 11 is 0. The normalized spacial score (nSPS) is 18.0. The standard InChI is InChI=1S/C21H30O2/c1-4-9-20-17(3)19(5-2)12-13-21(20)23-15-14-22-16-18-10-7-6-8-11-18/h6-8,10-11,13,20H,4-5,9,12,14-16H2,1-3H3. The topological polar surface area (TPSA) is 18.5 Å². The van der Waals surface area contributed by atoms with Crippen molar-refractivity contribution in [3.05, 3.63) is 58.9 Å². The number of rotatable bonds is 9. The van der Waals surface area contributed by atoms with Gasteiger partial charge in [0.15, 0.2) is 0 Å². The largest absolute Gasteiger partial charge is 0.495 e. The van der Waals surface area contributed by atoms with Crippen LogP contribution < -0.4 is 0 Å². The summed E-state index contributed by atoms with van der Waals surface area (Å²) < 4.78 is 11.8. The van der Waals surface area contributed by atoms with Crippen molar-refractivity contribution in [3.63, 3.8) is 0 Å². The van der Waals surface area contributed by atoms with Crippen molar-refractivity contribution in [1.29, 1.82) is 0 Å². The Morgan fingerprint density at radius 1 is 1.09 bits per heavy atom. The van der Waals surface area contributed by atoms with Crippen LogP contribution in [0.3, 0.4) is 0 Å². The van der Waals surface area contributed by atoms with Crippen LogP contribution in [0.1, 0.15) is 52.0 Å². The van der Waals surface area contributed by atoms with E-state index in [1.807, 2.05) is 18.2 Å². The van der Waals surface area contributed by atoms with E-state index in [0.717, 1.165) is 18.6 Å². The van der Waals surface area contributed by atoms with Gasteiger partial charge in [-0.3, -0.25) is 0 Å². The molecule has 1 aliphatic carbocycles. The molecule has 2 heteroatoms. The van der Waals surface area contributed by atoms with Gasteiger partial charge >= 0.3 is 0 Å². The Kier molecular flexibility index (Phi) is 7.41. The van der Waals surface area contributed by atoms with Gasteiger partial charge < -0.3 is 9.47 Å². The molecule has 0 spiro atoms. The highest BCUT2D eigenvalue weighted by Crippen LogP contribution is 2.35. The van der Waals surface area contributed by atoms with E-state index < -0.39 is 0 Å². The lowest BCUT2D eigenvalue weighted by Crippen LogP contribution is -2.16. The van der Waals surface area contributed by atoms with Crippen LogP contribution in [0, 0.1) is 5.92 Å². The maximum atomic E-state index is 6.05. The first-order chi connectivity index (χ1) is 11.3. The van der Waals surface area contributed by atoms with E-state index in [9.17, 15) is 0 Å². The van der Waals surface area contributed by atoms with Crippen LogP contribution in [0.2, 0.25) is 0 Å². The van der Waals surface area contributed by atoms with Crippen molar-refractivity contribution in [2.45, 2.75) is 53.1 Å². The third-order valence-corrected chi connectivity index (χ3v) is 4.59. The average Bonchev–Trinajstić information content (AvgIpc) is 2.58. The van der Waals surface area contributed by atoms with E-state index in [4.69, 9.17) is 9.47 Å². The summed E-state index contributed by atoms with van der Waals surface area (Å²) in [4.78, 5) is 0. The Balaban J connectivity index is 1.77. The van der Waals surface area contributed by atoms with E-state index >= 15 is 0 Å². The van der Waals surface area contributed by atoms with Crippen LogP contribution in [-0.4, -0.2) is 13.2 Å². The number of ether oxygens (including phenoxy) is 2. The minimum atomic E-state index is 0.470. The maximum Gasteiger partial charge on any atom is 0.111 e. The second-order valence-corrected chi connectivity index (χ2v) is 6.18. The predicted molar refractivity (Wildman–Crippen MR) is 96.1 cm³/mol. The number of allylic oxidation sites excluding steroid dienone is 3. The van der Waals surface area contributed by atoms with Crippen LogP contribution in [0.4, 0.5) is 0 Å². The monoisotopic (exact) mass is 314 g/mol. The van der Waals surface area contributed by atoms with Gasteiger partial charge in [0, 0.05) is 5.92 Å². The lowest BCUT2D eigenvalue weighted by molar-refractivity contribution is 0.0591. The zero-order valence-electron chi connectivity index (χ0n) is 14.8. The van der Waals surface area contributed by atoms with Crippen LogP contribution >= 0.6 is 0 Å². The third kappa shape index (κ3) is 5.24. The lowest BCUT2D eigenvalue weighted by atomic mass is 9.83. The van der Waals surface area contributed by atoms with Gasteiger partial charge in [-0.15, -0.1) is 0 Å². The van der Waals surface area contributed by atoms with E-state index in [1.165, 1.54) is 24.0 Å². The summed E-state index contributed by atoms with van der Waals surface area (Å²) in [5, 5.41) is 0. The molecular weight excluding hydrogens is 284 g/mol. The molecule has 0 amide bonds. The molecule has 0 aliphatic heterocycles. The summed E-state index contributed by atoms with van der Waals surface area (Å²) in [5.74, 6) is 1.63. The highest BCUT2D eigenvalue weighted by molar-refractivity contribution is 5.29. The van der Waals surface area contributed by atoms with E-state index in [2.05, 4.69) is 39.0 Å². The van der Waals surface area contributed by atoms with E-state index in [0.29, 0.717) is 25.7 Å². The van der Waals surface area contributed by atoms with Gasteiger partial charge in [0.05, 0.1) is 19.0 Å². The lowest BCUT2D eigenvalue weighted by Gasteiger charge is -2.28. The molecule has 0 fully saturated rings. The fourth-order valence-electron chi connectivity index (χ4n) is 3.20. The first-order valence-electron chi connectivity index (χ1n) is 8.89. The molecule has 1 aromatic rings. The molecule has 0 bridgehead atoms. The molecule has 0 saturated carbocycles. The Bertz CT molecular complexity index is 528. The maximum absolute atomic E-state index is 6.05. The quantitative estimate of drug-likeness (QED) is 0.433. The third-order valence-electron chi connectivity index (χ3n) is 4.59. The highest BCUT2D eigenvalue weighted by Gasteiger charge is 2.22. The summed E-state index contributed by atoms with van der Waals surface area (Å²) in [6.07, 6.45) is 6.83. The van der Waals surface area contributed by atoms with Crippen molar-refractivity contribution >= 4 is 0 Å². The molecule has 2 rings (SSSR count). The molecule has 0 aromatic heterocycles. The van der Waals surface area contributed by atoms with Crippen LogP contribution in [0.5, 0.6) is 0 Å². The molecule has 0 N–H and O–H groups in total. The van der Waals surface area contributed by atoms with Crippen molar-refractivity contribution in [3.8, 4) is 0 Å². The summed E-state index contributed by atoms with van der Waals surface area (Å²) in [6.45, 7) is 8.69. The Hall–Kier alpha value is -1.54. The fraction of sp³-hybridized carbons (Fsp3) is 0.524. The molecule has 1 unspecified atom stereocenters. The Morgan fingerprint density at radius 2 is 1.87 bits per heavy atom. The summed E-state index contributed by atoms with van der Waals surface area (Å²) in [6, 6.07) is 10.3. The van der Waals surface area contributed by atoms with E-state index in [-0.39, 0.29) is 0 Å². The van der Waals surface area contributed by atoms with Crippen molar-refractivity contribution in [1.82, 2.24) is 0 Å². The number of benzene rings is 1. The molecule has 1 aromatic carbocycles. The van der Waals surface area contributed by atoms with Crippen LogP contribution in [0.25, 0.3) is 0 Å². The van der Waals surface area contributed by atoms with Crippen LogP contribution in [-0.2, 0) is 16.1 Å². The minimum Gasteiger partial charge on any atom is -0.495 e. The Labute approximate surface area is 141 Å². The zero-order chi connectivity index (χ0) is 16.5. The second kappa shape index (κ2) is 9.57. The van der Waals surface area contributed by atoms with Crippen molar-refractivity contribution < 1.29 is 9.47 Å². The van der Waals surface area contributed by atoms with Gasteiger partial charge in [-0.25, -0.2) is 0 Å². The first-order valence-corrected chi connectivity index (χ1v) is 8.89. The second-order valence-electron chi connectivity index (χ2n) is 6.18. The molecule has 1 aliphatic rings. The number of hydrogen-bond donors (Lipinski definition) is 0. The fourth-order valence-corrected chi connectivity index (χ4v) is 3.20. The molecule has 23 heavy (non-hydrogen) atoms. The molecule has 0 heterocycles. The molecule has 126 valence electrons. The molecule has 2 nitrogen and oxygen atoms in total. The van der Waals surface area contributed by atoms with E-state index in [1.54, 1.807) is 5.57 Å². The average molecular weight is 314 g/mol. The van der Waals surface area contributed by atoms with Gasteiger partial charge in [-0.1, -0.05) is 61.7 Å².